The van der Waals surface area contributed by atoms with Gasteiger partial charge in [0.25, 0.3) is 11.8 Å². The Morgan fingerprint density at radius 1 is 1.04 bits per heavy atom. The number of carbonyl (C=O) groups excluding carboxylic acids is 2. The number of benzene rings is 1. The van der Waals surface area contributed by atoms with Crippen molar-refractivity contribution in [2.45, 2.75) is 6.18 Å². The van der Waals surface area contributed by atoms with Crippen LogP contribution in [0, 0.1) is 0 Å². The molecular formula is C18H19F3N4O2. The van der Waals surface area contributed by atoms with Gasteiger partial charge >= 0.3 is 6.18 Å². The Balaban J connectivity index is 2.03. The molecule has 9 heteroatoms. The molecule has 6 nitrogen and oxygen atoms in total. The number of aromatic nitrogens is 1. The maximum atomic E-state index is 12.6. The number of likely N-dealkylation sites (N-methyl/N-ethyl adjacent to an activating group) is 1. The molecule has 1 aromatic carbocycles. The standard InChI is InChI=1S/C18H19F3N4O2/c1-25(2)8-7-23-16(26)12-9-13(11-22-10-12)17(27)24-15-5-3-14(4-6-15)18(19,20)21/h3-6,9-11H,7-8H2,1-2H3,(H,23,26)(H,24,27). The van der Waals surface area contributed by atoms with Crippen LogP contribution in [0.2, 0.25) is 0 Å². The van der Waals surface area contributed by atoms with Crippen LogP contribution in [0.5, 0.6) is 0 Å². The molecule has 144 valence electrons. The van der Waals surface area contributed by atoms with Crippen LogP contribution < -0.4 is 10.6 Å². The van der Waals surface area contributed by atoms with Gasteiger partial charge in [-0.1, -0.05) is 0 Å². The van der Waals surface area contributed by atoms with E-state index in [2.05, 4.69) is 15.6 Å². The smallest absolute Gasteiger partial charge is 0.351 e. The van der Waals surface area contributed by atoms with E-state index in [1.165, 1.54) is 18.5 Å². The highest BCUT2D eigenvalue weighted by Gasteiger charge is 2.30. The van der Waals surface area contributed by atoms with Crippen molar-refractivity contribution < 1.29 is 22.8 Å². The summed E-state index contributed by atoms with van der Waals surface area (Å²) < 4.78 is 37.7. The van der Waals surface area contributed by atoms with Crippen LogP contribution in [0.1, 0.15) is 26.3 Å². The molecule has 0 aliphatic carbocycles. The van der Waals surface area contributed by atoms with Gasteiger partial charge in [0, 0.05) is 31.2 Å². The van der Waals surface area contributed by atoms with E-state index in [0.29, 0.717) is 13.1 Å². The van der Waals surface area contributed by atoms with Gasteiger partial charge in [0.05, 0.1) is 16.7 Å². The summed E-state index contributed by atoms with van der Waals surface area (Å²) in [7, 11) is 3.75. The third-order valence-electron chi connectivity index (χ3n) is 3.58. The molecule has 0 unspecified atom stereocenters. The highest BCUT2D eigenvalue weighted by Crippen LogP contribution is 2.29. The Bertz CT molecular complexity index is 805. The van der Waals surface area contributed by atoms with Crippen LogP contribution >= 0.6 is 0 Å². The molecule has 2 aromatic rings. The first kappa shape index (κ1) is 20.4. The van der Waals surface area contributed by atoms with Crippen LogP contribution in [0.3, 0.4) is 0 Å². The number of nitrogens with one attached hydrogen (secondary N) is 2. The number of rotatable bonds is 6. The Labute approximate surface area is 154 Å². The average Bonchev–Trinajstić information content (AvgIpc) is 2.61. The topological polar surface area (TPSA) is 74.3 Å². The first-order valence-electron chi connectivity index (χ1n) is 8.03. The van der Waals surface area contributed by atoms with Crippen molar-refractivity contribution in [2.24, 2.45) is 0 Å². The molecule has 2 rings (SSSR count). The molecule has 0 spiro atoms. The zero-order valence-corrected chi connectivity index (χ0v) is 14.8. The molecule has 1 heterocycles. The zero-order chi connectivity index (χ0) is 20.0. The Kier molecular flexibility index (Phi) is 6.51. The number of nitrogens with zero attached hydrogens (tertiary/aromatic N) is 2. The minimum Gasteiger partial charge on any atom is -0.351 e. The highest BCUT2D eigenvalue weighted by atomic mass is 19.4. The summed E-state index contributed by atoms with van der Waals surface area (Å²) >= 11 is 0. The number of carbonyl (C=O) groups is 2. The van der Waals surface area contributed by atoms with Gasteiger partial charge in [0.2, 0.25) is 0 Å². The Morgan fingerprint density at radius 3 is 2.19 bits per heavy atom. The lowest BCUT2D eigenvalue weighted by Gasteiger charge is -2.11. The zero-order valence-electron chi connectivity index (χ0n) is 14.8. The highest BCUT2D eigenvalue weighted by molar-refractivity contribution is 6.05. The summed E-state index contributed by atoms with van der Waals surface area (Å²) in [6.07, 6.45) is -1.84. The number of anilines is 1. The van der Waals surface area contributed by atoms with Crippen molar-refractivity contribution in [3.8, 4) is 0 Å². The predicted octanol–water partition coefficient (Wildman–Crippen LogP) is 2.64. The lowest BCUT2D eigenvalue weighted by atomic mass is 10.1. The fourth-order valence-corrected chi connectivity index (χ4v) is 2.13. The van der Waals surface area contributed by atoms with Crippen LogP contribution in [0.4, 0.5) is 18.9 Å². The fourth-order valence-electron chi connectivity index (χ4n) is 2.13. The number of pyridine rings is 1. The van der Waals surface area contributed by atoms with Gasteiger partial charge < -0.3 is 15.5 Å². The summed E-state index contributed by atoms with van der Waals surface area (Å²) in [5.41, 5.74) is -0.267. The van der Waals surface area contributed by atoms with E-state index in [1.54, 1.807) is 0 Å². The predicted molar refractivity (Wildman–Crippen MR) is 94.5 cm³/mol. The van der Waals surface area contributed by atoms with Crippen molar-refractivity contribution in [2.75, 3.05) is 32.5 Å². The number of halogens is 3. The molecular weight excluding hydrogens is 361 g/mol. The van der Waals surface area contributed by atoms with Gasteiger partial charge in [-0.05, 0) is 44.4 Å². The number of hydrogen-bond acceptors (Lipinski definition) is 4. The SMILES string of the molecule is CN(C)CCNC(=O)c1cncc(C(=O)Nc2ccc(C(F)(F)F)cc2)c1. The normalized spacial score (nSPS) is 11.3. The molecule has 1 aromatic heterocycles. The molecule has 2 N–H and O–H groups in total. The molecule has 27 heavy (non-hydrogen) atoms. The van der Waals surface area contributed by atoms with Gasteiger partial charge in [-0.2, -0.15) is 13.2 Å². The van der Waals surface area contributed by atoms with E-state index in [4.69, 9.17) is 0 Å². The van der Waals surface area contributed by atoms with Gasteiger partial charge in [0.15, 0.2) is 0 Å². The summed E-state index contributed by atoms with van der Waals surface area (Å²) in [4.78, 5) is 30.1. The van der Waals surface area contributed by atoms with Crippen LogP contribution in [0.25, 0.3) is 0 Å². The van der Waals surface area contributed by atoms with E-state index < -0.39 is 17.6 Å². The quantitative estimate of drug-likeness (QED) is 0.808. The number of hydrogen-bond donors (Lipinski definition) is 2. The second-order valence-electron chi connectivity index (χ2n) is 6.05. The molecule has 0 aliphatic heterocycles. The van der Waals surface area contributed by atoms with E-state index in [-0.39, 0.29) is 22.7 Å². The largest absolute Gasteiger partial charge is 0.416 e. The molecule has 0 atom stereocenters. The summed E-state index contributed by atoms with van der Waals surface area (Å²) in [5, 5.41) is 5.18. The minimum absolute atomic E-state index is 0.121. The monoisotopic (exact) mass is 380 g/mol. The van der Waals surface area contributed by atoms with Gasteiger partial charge in [-0.25, -0.2) is 0 Å². The van der Waals surface area contributed by atoms with Crippen LogP contribution in [-0.4, -0.2) is 48.9 Å². The fraction of sp³-hybridized carbons (Fsp3) is 0.278. The van der Waals surface area contributed by atoms with E-state index in [0.717, 1.165) is 24.3 Å². The van der Waals surface area contributed by atoms with Gasteiger partial charge in [-0.15, -0.1) is 0 Å². The molecule has 0 fully saturated rings. The first-order chi connectivity index (χ1) is 12.7. The van der Waals surface area contributed by atoms with Gasteiger partial charge in [0.1, 0.15) is 0 Å². The van der Waals surface area contributed by atoms with Gasteiger partial charge in [-0.3, -0.25) is 14.6 Å². The second kappa shape index (κ2) is 8.63. The Morgan fingerprint density at radius 2 is 1.63 bits per heavy atom. The summed E-state index contributed by atoms with van der Waals surface area (Å²) in [6, 6.07) is 5.44. The van der Waals surface area contributed by atoms with Crippen molar-refractivity contribution in [1.82, 2.24) is 15.2 Å². The lowest BCUT2D eigenvalue weighted by Crippen LogP contribution is -2.31. The van der Waals surface area contributed by atoms with Crippen molar-refractivity contribution in [3.63, 3.8) is 0 Å². The third-order valence-corrected chi connectivity index (χ3v) is 3.58. The van der Waals surface area contributed by atoms with E-state index >= 15 is 0 Å². The Hall–Kier alpha value is -2.94. The maximum Gasteiger partial charge on any atom is 0.416 e. The number of amides is 2. The second-order valence-corrected chi connectivity index (χ2v) is 6.05. The van der Waals surface area contributed by atoms with Crippen LogP contribution in [0.15, 0.2) is 42.7 Å². The third kappa shape index (κ3) is 6.07. The summed E-state index contributed by atoms with van der Waals surface area (Å²) in [6.45, 7) is 1.10. The number of alkyl halides is 3. The van der Waals surface area contributed by atoms with Crippen LogP contribution in [-0.2, 0) is 6.18 Å². The molecule has 0 radical (unpaired) electrons. The van der Waals surface area contributed by atoms with Crippen molar-refractivity contribution in [3.05, 3.63) is 59.4 Å². The van der Waals surface area contributed by atoms with E-state index in [1.807, 2.05) is 19.0 Å². The molecule has 0 saturated heterocycles. The minimum atomic E-state index is -4.44. The molecule has 0 bridgehead atoms. The van der Waals surface area contributed by atoms with E-state index in [9.17, 15) is 22.8 Å². The van der Waals surface area contributed by atoms with Crippen molar-refractivity contribution >= 4 is 17.5 Å². The first-order valence-corrected chi connectivity index (χ1v) is 8.03. The lowest BCUT2D eigenvalue weighted by molar-refractivity contribution is -0.137. The summed E-state index contributed by atoms with van der Waals surface area (Å²) in [5.74, 6) is -0.946. The molecule has 2 amide bonds. The maximum absolute atomic E-state index is 12.6. The molecule has 0 aliphatic rings. The average molecular weight is 380 g/mol. The molecule has 0 saturated carbocycles. The van der Waals surface area contributed by atoms with Crippen molar-refractivity contribution in [1.29, 1.82) is 0 Å².